The van der Waals surface area contributed by atoms with E-state index in [1.165, 1.54) is 11.6 Å². The number of nitrogens with zero attached hydrogens (tertiary/aromatic N) is 1. The van der Waals surface area contributed by atoms with Crippen molar-refractivity contribution in [1.29, 1.82) is 0 Å². The Morgan fingerprint density at radius 2 is 1.83 bits per heavy atom. The monoisotopic (exact) mass is 396 g/mol. The predicted octanol–water partition coefficient (Wildman–Crippen LogP) is 6.58. The Morgan fingerprint density at radius 1 is 1.03 bits per heavy atom. The molecule has 0 aliphatic rings. The molecule has 4 aromatic rings. The molecule has 0 saturated heterocycles. The number of oxazole rings is 1. The lowest BCUT2D eigenvalue weighted by molar-refractivity contribution is -0.111. The lowest BCUT2D eigenvalue weighted by Crippen LogP contribution is -2.09. The van der Waals surface area contributed by atoms with Crippen molar-refractivity contribution in [3.8, 4) is 11.5 Å². The summed E-state index contributed by atoms with van der Waals surface area (Å²) in [5.74, 6) is 0.791. The summed E-state index contributed by atoms with van der Waals surface area (Å²) < 4.78 is 5.96. The molecule has 0 aliphatic heterocycles. The summed E-state index contributed by atoms with van der Waals surface area (Å²) in [4.78, 5) is 17.0. The first kappa shape index (κ1) is 19.6. The van der Waals surface area contributed by atoms with Gasteiger partial charge in [-0.25, -0.2) is 4.98 Å². The molecule has 4 heteroatoms. The minimum Gasteiger partial charge on any atom is -0.436 e. The highest BCUT2D eigenvalue weighted by atomic mass is 16.3. The van der Waals surface area contributed by atoms with Crippen LogP contribution in [0.5, 0.6) is 0 Å². The summed E-state index contributed by atoms with van der Waals surface area (Å²) in [6.07, 6.45) is 3.33. The van der Waals surface area contributed by atoms with Crippen LogP contribution in [0.3, 0.4) is 0 Å². The Labute approximate surface area is 176 Å². The van der Waals surface area contributed by atoms with Crippen molar-refractivity contribution in [3.05, 3.63) is 89.5 Å². The number of carbonyl (C=O) groups is 1. The predicted molar refractivity (Wildman–Crippen MR) is 122 cm³/mol. The zero-order chi connectivity index (χ0) is 21.1. The van der Waals surface area contributed by atoms with E-state index in [0.717, 1.165) is 33.5 Å². The van der Waals surface area contributed by atoms with E-state index in [-0.39, 0.29) is 5.91 Å². The topological polar surface area (TPSA) is 55.1 Å². The molecule has 1 heterocycles. The van der Waals surface area contributed by atoms with Crippen LogP contribution in [-0.2, 0) is 4.79 Å². The number of carbonyl (C=O) groups excluding carboxylic acids is 1. The lowest BCUT2D eigenvalue weighted by atomic mass is 10.0. The Balaban J connectivity index is 1.58. The third-order valence-corrected chi connectivity index (χ3v) is 5.05. The van der Waals surface area contributed by atoms with Gasteiger partial charge >= 0.3 is 0 Å². The molecule has 0 aliphatic carbocycles. The maximum Gasteiger partial charge on any atom is 0.248 e. The van der Waals surface area contributed by atoms with Gasteiger partial charge in [-0.15, -0.1) is 0 Å². The molecule has 1 amide bonds. The maximum absolute atomic E-state index is 12.4. The number of benzene rings is 3. The number of aromatic nitrogens is 1. The fraction of sp³-hybridized carbons (Fsp3) is 0.154. The van der Waals surface area contributed by atoms with Crippen LogP contribution >= 0.6 is 0 Å². The van der Waals surface area contributed by atoms with Crippen LogP contribution in [0, 0.1) is 6.92 Å². The third-order valence-electron chi connectivity index (χ3n) is 5.05. The van der Waals surface area contributed by atoms with Crippen molar-refractivity contribution in [2.45, 2.75) is 26.7 Å². The number of hydrogen-bond donors (Lipinski definition) is 1. The zero-order valence-corrected chi connectivity index (χ0v) is 17.3. The van der Waals surface area contributed by atoms with Crippen LogP contribution in [0.2, 0.25) is 0 Å². The van der Waals surface area contributed by atoms with Crippen LogP contribution in [-0.4, -0.2) is 10.9 Å². The Hall–Kier alpha value is -3.66. The van der Waals surface area contributed by atoms with E-state index in [9.17, 15) is 4.79 Å². The molecular formula is C26H24N2O2. The normalized spacial score (nSPS) is 11.5. The second kappa shape index (κ2) is 8.37. The molecule has 0 radical (unpaired) electrons. The van der Waals surface area contributed by atoms with Crippen molar-refractivity contribution in [2.24, 2.45) is 0 Å². The van der Waals surface area contributed by atoms with Gasteiger partial charge in [-0.1, -0.05) is 56.3 Å². The number of aryl methyl sites for hydroxylation is 1. The van der Waals surface area contributed by atoms with E-state index >= 15 is 0 Å². The molecule has 0 saturated carbocycles. The second-order valence-corrected chi connectivity index (χ2v) is 7.66. The highest BCUT2D eigenvalue weighted by Crippen LogP contribution is 2.29. The van der Waals surface area contributed by atoms with Crippen molar-refractivity contribution in [1.82, 2.24) is 4.98 Å². The van der Waals surface area contributed by atoms with Crippen LogP contribution in [0.25, 0.3) is 28.6 Å². The summed E-state index contributed by atoms with van der Waals surface area (Å²) in [5, 5.41) is 2.95. The molecule has 150 valence electrons. The summed E-state index contributed by atoms with van der Waals surface area (Å²) in [6.45, 7) is 6.27. The average molecular weight is 396 g/mol. The quantitative estimate of drug-likeness (QED) is 0.388. The first-order valence-corrected chi connectivity index (χ1v) is 10.1. The van der Waals surface area contributed by atoms with Crippen LogP contribution < -0.4 is 5.32 Å². The van der Waals surface area contributed by atoms with Crippen molar-refractivity contribution >= 4 is 28.8 Å². The maximum atomic E-state index is 12.4. The number of hydrogen-bond acceptors (Lipinski definition) is 3. The molecule has 0 atom stereocenters. The van der Waals surface area contributed by atoms with Crippen LogP contribution in [0.1, 0.15) is 36.5 Å². The van der Waals surface area contributed by atoms with E-state index in [1.807, 2.05) is 61.5 Å². The zero-order valence-electron chi connectivity index (χ0n) is 17.3. The van der Waals surface area contributed by atoms with Gasteiger partial charge in [0.05, 0.1) is 0 Å². The standard InChI is InChI=1S/C26H24N2O2/c1-17(2)20-12-13-24-23(15-20)28-26(30-24)21-11-9-18(3)22(16-21)27-25(29)14-10-19-7-5-4-6-8-19/h4-17H,1-3H3,(H,27,29)/b14-10+. The van der Waals surface area contributed by atoms with Crippen molar-refractivity contribution in [2.75, 3.05) is 5.32 Å². The summed E-state index contributed by atoms with van der Waals surface area (Å²) >= 11 is 0. The smallest absolute Gasteiger partial charge is 0.248 e. The molecule has 3 aromatic carbocycles. The van der Waals surface area contributed by atoms with E-state index in [0.29, 0.717) is 11.8 Å². The van der Waals surface area contributed by atoms with E-state index in [4.69, 9.17) is 4.42 Å². The molecule has 0 bridgehead atoms. The fourth-order valence-corrected chi connectivity index (χ4v) is 3.23. The number of nitrogens with one attached hydrogen (secondary N) is 1. The highest BCUT2D eigenvalue weighted by molar-refractivity contribution is 6.02. The number of amides is 1. The number of fused-ring (bicyclic) bond motifs is 1. The molecule has 4 rings (SSSR count). The minimum absolute atomic E-state index is 0.182. The largest absolute Gasteiger partial charge is 0.436 e. The molecular weight excluding hydrogens is 372 g/mol. The van der Waals surface area contributed by atoms with Gasteiger partial charge in [0.1, 0.15) is 5.52 Å². The first-order chi connectivity index (χ1) is 14.5. The minimum atomic E-state index is -0.182. The van der Waals surface area contributed by atoms with Crippen molar-refractivity contribution < 1.29 is 9.21 Å². The van der Waals surface area contributed by atoms with Crippen molar-refractivity contribution in [3.63, 3.8) is 0 Å². The summed E-state index contributed by atoms with van der Waals surface area (Å²) in [6, 6.07) is 21.7. The van der Waals surface area contributed by atoms with Gasteiger partial charge in [0.2, 0.25) is 11.8 Å². The van der Waals surface area contributed by atoms with E-state index in [2.05, 4.69) is 36.3 Å². The average Bonchev–Trinajstić information content (AvgIpc) is 3.18. The molecule has 30 heavy (non-hydrogen) atoms. The van der Waals surface area contributed by atoms with Crippen LogP contribution in [0.4, 0.5) is 5.69 Å². The van der Waals surface area contributed by atoms with E-state index < -0.39 is 0 Å². The van der Waals surface area contributed by atoms with Gasteiger partial charge in [-0.3, -0.25) is 4.79 Å². The number of rotatable bonds is 5. The molecule has 4 nitrogen and oxygen atoms in total. The lowest BCUT2D eigenvalue weighted by Gasteiger charge is -2.08. The third kappa shape index (κ3) is 4.33. The van der Waals surface area contributed by atoms with Gasteiger partial charge in [0, 0.05) is 17.3 Å². The number of anilines is 1. The Morgan fingerprint density at radius 3 is 2.60 bits per heavy atom. The van der Waals surface area contributed by atoms with Gasteiger partial charge in [0.25, 0.3) is 0 Å². The Kier molecular flexibility index (Phi) is 5.48. The first-order valence-electron chi connectivity index (χ1n) is 10.1. The molecule has 0 spiro atoms. The van der Waals surface area contributed by atoms with Gasteiger partial charge in [-0.2, -0.15) is 0 Å². The summed E-state index contributed by atoms with van der Waals surface area (Å²) in [5.41, 5.74) is 6.33. The molecule has 1 N–H and O–H groups in total. The van der Waals surface area contributed by atoms with Gasteiger partial charge in [-0.05, 0) is 59.9 Å². The summed E-state index contributed by atoms with van der Waals surface area (Å²) in [7, 11) is 0. The second-order valence-electron chi connectivity index (χ2n) is 7.66. The molecule has 0 unspecified atom stereocenters. The van der Waals surface area contributed by atoms with Crippen LogP contribution in [0.15, 0.2) is 77.2 Å². The highest BCUT2D eigenvalue weighted by Gasteiger charge is 2.12. The van der Waals surface area contributed by atoms with Gasteiger partial charge in [0.15, 0.2) is 5.58 Å². The van der Waals surface area contributed by atoms with E-state index in [1.54, 1.807) is 6.08 Å². The molecule has 1 aromatic heterocycles. The SMILES string of the molecule is Cc1ccc(-c2nc3cc(C(C)C)ccc3o2)cc1NC(=O)/C=C/c1ccccc1. The molecule has 0 fully saturated rings. The Bertz CT molecular complexity index is 1220. The fourth-order valence-electron chi connectivity index (χ4n) is 3.23. The van der Waals surface area contributed by atoms with Gasteiger partial charge < -0.3 is 9.73 Å².